The zero-order chi connectivity index (χ0) is 21.1. The van der Waals surface area contributed by atoms with Gasteiger partial charge in [0.2, 0.25) is 0 Å². The molecule has 1 aromatic carbocycles. The monoisotopic (exact) mass is 408 g/mol. The maximum atomic E-state index is 13.0. The molecular weight excluding hydrogens is 391 g/mol. The SMILES string of the molecule is O=C(NCCn1ncc2c(=O)n(Cc3ccc(F)cc3)cnc21)c1ccc[nH]c1=O. The van der Waals surface area contributed by atoms with Crippen LogP contribution in [0.4, 0.5) is 4.39 Å². The highest BCUT2D eigenvalue weighted by atomic mass is 19.1. The van der Waals surface area contributed by atoms with Crippen molar-refractivity contribution in [2.24, 2.45) is 0 Å². The van der Waals surface area contributed by atoms with E-state index in [-0.39, 0.29) is 36.6 Å². The van der Waals surface area contributed by atoms with Crippen molar-refractivity contribution in [2.45, 2.75) is 13.1 Å². The molecule has 0 radical (unpaired) electrons. The van der Waals surface area contributed by atoms with Gasteiger partial charge < -0.3 is 10.3 Å². The summed E-state index contributed by atoms with van der Waals surface area (Å²) < 4.78 is 16.0. The summed E-state index contributed by atoms with van der Waals surface area (Å²) in [5.41, 5.74) is 0.441. The van der Waals surface area contributed by atoms with E-state index in [1.807, 2.05) is 0 Å². The molecule has 0 saturated heterocycles. The Hall–Kier alpha value is -4.08. The van der Waals surface area contributed by atoms with E-state index in [1.165, 1.54) is 46.2 Å². The maximum Gasteiger partial charge on any atom is 0.264 e. The largest absolute Gasteiger partial charge is 0.350 e. The summed E-state index contributed by atoms with van der Waals surface area (Å²) in [7, 11) is 0. The number of carbonyl (C=O) groups is 1. The molecule has 4 rings (SSSR count). The van der Waals surface area contributed by atoms with Crippen LogP contribution in [0.1, 0.15) is 15.9 Å². The van der Waals surface area contributed by atoms with Crippen molar-refractivity contribution in [3.05, 3.63) is 92.8 Å². The predicted octanol–water partition coefficient (Wildman–Crippen LogP) is 0.899. The molecule has 0 aliphatic carbocycles. The van der Waals surface area contributed by atoms with E-state index in [9.17, 15) is 18.8 Å². The van der Waals surface area contributed by atoms with Gasteiger partial charge in [0.25, 0.3) is 17.0 Å². The number of carbonyl (C=O) groups excluding carboxylic acids is 1. The molecule has 0 unspecified atom stereocenters. The first-order valence-electron chi connectivity index (χ1n) is 9.14. The lowest BCUT2D eigenvalue weighted by Gasteiger charge is -2.07. The van der Waals surface area contributed by atoms with Crippen LogP contribution in [0.3, 0.4) is 0 Å². The third kappa shape index (κ3) is 3.88. The fourth-order valence-electron chi connectivity index (χ4n) is 3.03. The summed E-state index contributed by atoms with van der Waals surface area (Å²) >= 11 is 0. The van der Waals surface area contributed by atoms with Crippen molar-refractivity contribution in [1.29, 1.82) is 0 Å². The van der Waals surface area contributed by atoms with Gasteiger partial charge >= 0.3 is 0 Å². The number of nitrogens with one attached hydrogen (secondary N) is 2. The van der Waals surface area contributed by atoms with Crippen LogP contribution in [0, 0.1) is 5.82 Å². The van der Waals surface area contributed by atoms with Crippen molar-refractivity contribution in [1.82, 2.24) is 29.6 Å². The Morgan fingerprint density at radius 3 is 2.73 bits per heavy atom. The van der Waals surface area contributed by atoms with E-state index in [2.05, 4.69) is 20.4 Å². The van der Waals surface area contributed by atoms with Crippen molar-refractivity contribution >= 4 is 16.9 Å². The number of hydrogen-bond acceptors (Lipinski definition) is 5. The Bertz CT molecular complexity index is 1320. The second-order valence-corrected chi connectivity index (χ2v) is 6.58. The minimum Gasteiger partial charge on any atom is -0.350 e. The van der Waals surface area contributed by atoms with Crippen LogP contribution >= 0.6 is 0 Å². The zero-order valence-electron chi connectivity index (χ0n) is 15.7. The summed E-state index contributed by atoms with van der Waals surface area (Å²) in [6, 6.07) is 8.89. The summed E-state index contributed by atoms with van der Waals surface area (Å²) in [6.45, 7) is 0.730. The molecule has 0 atom stereocenters. The highest BCUT2D eigenvalue weighted by Gasteiger charge is 2.12. The smallest absolute Gasteiger partial charge is 0.264 e. The molecule has 0 bridgehead atoms. The fourth-order valence-corrected chi connectivity index (χ4v) is 3.03. The van der Waals surface area contributed by atoms with Crippen molar-refractivity contribution in [3.63, 3.8) is 0 Å². The number of H-pyrrole nitrogens is 1. The van der Waals surface area contributed by atoms with Gasteiger partial charge in [-0.3, -0.25) is 19.0 Å². The second kappa shape index (κ2) is 8.11. The highest BCUT2D eigenvalue weighted by Crippen LogP contribution is 2.08. The lowest BCUT2D eigenvalue weighted by atomic mass is 10.2. The summed E-state index contributed by atoms with van der Waals surface area (Å²) in [4.78, 5) is 43.2. The highest BCUT2D eigenvalue weighted by molar-refractivity contribution is 5.93. The average Bonchev–Trinajstić information content (AvgIpc) is 3.15. The molecule has 1 amide bonds. The molecule has 3 aromatic heterocycles. The third-order valence-electron chi connectivity index (χ3n) is 4.56. The van der Waals surface area contributed by atoms with E-state index in [0.717, 1.165) is 5.56 Å². The van der Waals surface area contributed by atoms with Crippen LogP contribution in [-0.2, 0) is 13.1 Å². The van der Waals surface area contributed by atoms with Gasteiger partial charge in [0.15, 0.2) is 5.65 Å². The summed E-state index contributed by atoms with van der Waals surface area (Å²) in [5, 5.41) is 7.16. The molecule has 0 spiro atoms. The molecule has 30 heavy (non-hydrogen) atoms. The number of fused-ring (bicyclic) bond motifs is 1. The van der Waals surface area contributed by atoms with E-state index >= 15 is 0 Å². The molecule has 0 saturated carbocycles. The van der Waals surface area contributed by atoms with Gasteiger partial charge in [-0.1, -0.05) is 12.1 Å². The lowest BCUT2D eigenvalue weighted by Crippen LogP contribution is -2.31. The summed E-state index contributed by atoms with van der Waals surface area (Å²) in [5.74, 6) is -0.840. The molecule has 0 aliphatic rings. The molecule has 10 heteroatoms. The van der Waals surface area contributed by atoms with Crippen LogP contribution in [0.2, 0.25) is 0 Å². The van der Waals surface area contributed by atoms with E-state index < -0.39 is 11.5 Å². The minimum atomic E-state index is -0.497. The number of benzene rings is 1. The quantitative estimate of drug-likeness (QED) is 0.492. The third-order valence-corrected chi connectivity index (χ3v) is 4.56. The number of amides is 1. The summed E-state index contributed by atoms with van der Waals surface area (Å²) in [6.07, 6.45) is 4.29. The number of halogens is 1. The number of nitrogens with zero attached hydrogens (tertiary/aromatic N) is 4. The van der Waals surface area contributed by atoms with Crippen LogP contribution < -0.4 is 16.4 Å². The van der Waals surface area contributed by atoms with Gasteiger partial charge in [-0.15, -0.1) is 0 Å². The molecule has 2 N–H and O–H groups in total. The lowest BCUT2D eigenvalue weighted by molar-refractivity contribution is 0.0950. The van der Waals surface area contributed by atoms with E-state index in [0.29, 0.717) is 11.0 Å². The molecular formula is C20H17FN6O3. The van der Waals surface area contributed by atoms with Crippen LogP contribution in [0.15, 0.2) is 64.7 Å². The van der Waals surface area contributed by atoms with E-state index in [1.54, 1.807) is 18.2 Å². The maximum absolute atomic E-state index is 13.0. The Morgan fingerprint density at radius 2 is 1.97 bits per heavy atom. The molecule has 3 heterocycles. The molecule has 9 nitrogen and oxygen atoms in total. The van der Waals surface area contributed by atoms with Gasteiger partial charge in [0, 0.05) is 12.7 Å². The van der Waals surface area contributed by atoms with Crippen molar-refractivity contribution < 1.29 is 9.18 Å². The molecule has 152 valence electrons. The van der Waals surface area contributed by atoms with Gasteiger partial charge in [0.05, 0.1) is 19.3 Å². The number of hydrogen-bond donors (Lipinski definition) is 2. The van der Waals surface area contributed by atoms with Gasteiger partial charge in [0.1, 0.15) is 23.1 Å². The van der Waals surface area contributed by atoms with Gasteiger partial charge in [-0.25, -0.2) is 14.1 Å². The fraction of sp³-hybridized carbons (Fsp3) is 0.150. The van der Waals surface area contributed by atoms with Crippen LogP contribution in [0.25, 0.3) is 11.0 Å². The number of rotatable bonds is 6. The second-order valence-electron chi connectivity index (χ2n) is 6.58. The normalized spacial score (nSPS) is 11.0. The first-order chi connectivity index (χ1) is 14.5. The number of pyridine rings is 1. The van der Waals surface area contributed by atoms with Crippen molar-refractivity contribution in [3.8, 4) is 0 Å². The van der Waals surface area contributed by atoms with Crippen molar-refractivity contribution in [2.75, 3.05) is 6.54 Å². The molecule has 0 aliphatic heterocycles. The first-order valence-corrected chi connectivity index (χ1v) is 9.14. The Kier molecular flexibility index (Phi) is 5.21. The zero-order valence-corrected chi connectivity index (χ0v) is 15.7. The number of aromatic nitrogens is 5. The van der Waals surface area contributed by atoms with Crippen LogP contribution in [-0.4, -0.2) is 36.8 Å². The van der Waals surface area contributed by atoms with Gasteiger partial charge in [-0.2, -0.15) is 5.10 Å². The topological polar surface area (TPSA) is 115 Å². The Labute approximate surface area is 168 Å². The number of aromatic amines is 1. The average molecular weight is 408 g/mol. The van der Waals surface area contributed by atoms with Crippen LogP contribution in [0.5, 0.6) is 0 Å². The first kappa shape index (κ1) is 19.2. The Balaban J connectivity index is 1.47. The van der Waals surface area contributed by atoms with E-state index in [4.69, 9.17) is 0 Å². The molecule has 0 fully saturated rings. The minimum absolute atomic E-state index is 0.0182. The standard InChI is InChI=1S/C20H17FN6O3/c21-14-5-3-13(4-6-14)11-26-12-24-17-16(20(26)30)10-25-27(17)9-8-23-19(29)15-2-1-7-22-18(15)28/h1-7,10,12H,8-9,11H2,(H,22,28)(H,23,29). The molecule has 4 aromatic rings. The predicted molar refractivity (Wildman–Crippen MR) is 107 cm³/mol. The van der Waals surface area contributed by atoms with Gasteiger partial charge in [-0.05, 0) is 29.8 Å². The Morgan fingerprint density at radius 1 is 1.17 bits per heavy atom.